The highest BCUT2D eigenvalue weighted by molar-refractivity contribution is 9.09. The number of nitrogens with zero attached hydrogens (tertiary/aromatic N) is 2. The van der Waals surface area contributed by atoms with Gasteiger partial charge in [-0.1, -0.05) is 28.1 Å². The number of ether oxygens (including phenoxy) is 2. The zero-order chi connectivity index (χ0) is 19.2. The maximum absolute atomic E-state index is 12.8. The highest BCUT2D eigenvalue weighted by atomic mass is 79.9. The molecule has 1 amide bonds. The van der Waals surface area contributed by atoms with E-state index in [-0.39, 0.29) is 0 Å². The molecule has 1 aromatic heterocycles. The smallest absolute Gasteiger partial charge is 0.417 e. The number of halogens is 1. The first-order valence-electron chi connectivity index (χ1n) is 8.47. The zero-order valence-corrected chi connectivity index (χ0v) is 17.2. The molecule has 0 radical (unpaired) electrons. The normalized spacial score (nSPS) is 11.1. The van der Waals surface area contributed by atoms with E-state index in [0.717, 1.165) is 28.6 Å². The number of pyridine rings is 1. The van der Waals surface area contributed by atoms with Gasteiger partial charge in [0.15, 0.2) is 0 Å². The van der Waals surface area contributed by atoms with E-state index in [4.69, 9.17) is 9.47 Å². The van der Waals surface area contributed by atoms with E-state index in [1.165, 1.54) is 0 Å². The van der Waals surface area contributed by atoms with Crippen LogP contribution in [0.4, 0.5) is 4.79 Å². The van der Waals surface area contributed by atoms with Crippen LogP contribution in [-0.2, 0) is 13.0 Å². The Kier molecular flexibility index (Phi) is 7.03. The highest BCUT2D eigenvalue weighted by Gasteiger charge is 2.28. The summed E-state index contributed by atoms with van der Waals surface area (Å²) in [5.41, 5.74) is 1.67. The van der Waals surface area contributed by atoms with E-state index in [0.29, 0.717) is 12.4 Å². The Balaban J connectivity index is 2.15. The molecule has 140 valence electrons. The van der Waals surface area contributed by atoms with Gasteiger partial charge in [0.1, 0.15) is 5.75 Å². The van der Waals surface area contributed by atoms with Crippen molar-refractivity contribution in [1.29, 1.82) is 0 Å². The molecule has 0 fully saturated rings. The monoisotopic (exact) mass is 420 g/mol. The number of aromatic nitrogens is 1. The van der Waals surface area contributed by atoms with Crippen molar-refractivity contribution in [1.82, 2.24) is 9.88 Å². The fourth-order valence-corrected chi connectivity index (χ4v) is 2.86. The minimum absolute atomic E-state index is 0.317. The van der Waals surface area contributed by atoms with Crippen LogP contribution >= 0.6 is 15.9 Å². The van der Waals surface area contributed by atoms with Crippen LogP contribution in [0.1, 0.15) is 31.9 Å². The molecule has 0 spiro atoms. The van der Waals surface area contributed by atoms with Crippen molar-refractivity contribution in [3.8, 4) is 11.6 Å². The molecule has 26 heavy (non-hydrogen) atoms. The van der Waals surface area contributed by atoms with Crippen LogP contribution < -0.4 is 9.47 Å². The summed E-state index contributed by atoms with van der Waals surface area (Å²) in [6.45, 7) is 6.37. The molecule has 2 rings (SSSR count). The van der Waals surface area contributed by atoms with Crippen LogP contribution in [0.15, 0.2) is 42.6 Å². The number of hydrogen-bond acceptors (Lipinski definition) is 4. The van der Waals surface area contributed by atoms with E-state index in [9.17, 15) is 4.79 Å². The van der Waals surface area contributed by atoms with Gasteiger partial charge in [-0.15, -0.1) is 0 Å². The van der Waals surface area contributed by atoms with Crippen LogP contribution in [-0.4, -0.2) is 34.0 Å². The first-order chi connectivity index (χ1) is 12.3. The van der Waals surface area contributed by atoms with Gasteiger partial charge in [0, 0.05) is 29.7 Å². The van der Waals surface area contributed by atoms with E-state index in [1.54, 1.807) is 24.3 Å². The molecule has 1 aromatic carbocycles. The summed E-state index contributed by atoms with van der Waals surface area (Å²) in [4.78, 5) is 18.6. The SMILES string of the molecule is COc1ccc(CN(C(=O)Oc2cc(CCBr)ccn2)C(C)(C)C)cc1. The predicted octanol–water partition coefficient (Wildman–Crippen LogP) is 4.83. The molecule has 0 aliphatic carbocycles. The molecule has 6 heteroatoms. The predicted molar refractivity (Wildman–Crippen MR) is 106 cm³/mol. The Morgan fingerprint density at radius 1 is 1.15 bits per heavy atom. The van der Waals surface area contributed by atoms with Crippen LogP contribution in [0, 0.1) is 0 Å². The summed E-state index contributed by atoms with van der Waals surface area (Å²) in [6, 6.07) is 11.4. The third kappa shape index (κ3) is 5.73. The fourth-order valence-electron chi connectivity index (χ4n) is 2.40. The lowest BCUT2D eigenvalue weighted by atomic mass is 10.1. The first kappa shape index (κ1) is 20.2. The maximum Gasteiger partial charge on any atom is 0.417 e. The Hall–Kier alpha value is -2.08. The van der Waals surface area contributed by atoms with Gasteiger partial charge in [-0.2, -0.15) is 0 Å². The number of methoxy groups -OCH3 is 1. The quantitative estimate of drug-likeness (QED) is 0.628. The van der Waals surface area contributed by atoms with Gasteiger partial charge in [-0.05, 0) is 56.5 Å². The minimum atomic E-state index is -0.420. The number of aryl methyl sites for hydroxylation is 1. The first-order valence-corrected chi connectivity index (χ1v) is 9.59. The van der Waals surface area contributed by atoms with Crippen LogP contribution in [0.2, 0.25) is 0 Å². The third-order valence-electron chi connectivity index (χ3n) is 3.90. The van der Waals surface area contributed by atoms with E-state index < -0.39 is 11.6 Å². The maximum atomic E-state index is 12.8. The van der Waals surface area contributed by atoms with Crippen LogP contribution in [0.5, 0.6) is 11.6 Å². The molecule has 0 aliphatic heterocycles. The van der Waals surface area contributed by atoms with E-state index >= 15 is 0 Å². The molecule has 0 N–H and O–H groups in total. The summed E-state index contributed by atoms with van der Waals surface area (Å²) in [5, 5.41) is 0.843. The molecule has 0 aliphatic rings. The number of benzene rings is 1. The van der Waals surface area contributed by atoms with Crippen molar-refractivity contribution in [2.75, 3.05) is 12.4 Å². The number of carbonyl (C=O) groups is 1. The van der Waals surface area contributed by atoms with Gasteiger partial charge in [-0.25, -0.2) is 9.78 Å². The van der Waals surface area contributed by atoms with Gasteiger partial charge in [-0.3, -0.25) is 4.90 Å². The summed E-state index contributed by atoms with van der Waals surface area (Å²) < 4.78 is 10.7. The summed E-state index contributed by atoms with van der Waals surface area (Å²) in [6.07, 6.45) is 2.09. The fraction of sp³-hybridized carbons (Fsp3) is 0.400. The average molecular weight is 421 g/mol. The lowest BCUT2D eigenvalue weighted by Gasteiger charge is -2.34. The third-order valence-corrected chi connectivity index (χ3v) is 4.30. The number of carbonyl (C=O) groups excluding carboxylic acids is 1. The van der Waals surface area contributed by atoms with E-state index in [1.807, 2.05) is 51.1 Å². The topological polar surface area (TPSA) is 51.7 Å². The summed E-state index contributed by atoms with van der Waals surface area (Å²) in [7, 11) is 1.63. The van der Waals surface area contributed by atoms with Crippen molar-refractivity contribution in [2.45, 2.75) is 39.3 Å². The number of amides is 1. The van der Waals surface area contributed by atoms with Gasteiger partial charge in [0.2, 0.25) is 5.88 Å². The molecule has 0 unspecified atom stereocenters. The Morgan fingerprint density at radius 2 is 1.85 bits per heavy atom. The highest BCUT2D eigenvalue weighted by Crippen LogP contribution is 2.21. The van der Waals surface area contributed by atoms with Gasteiger partial charge in [0.25, 0.3) is 0 Å². The lowest BCUT2D eigenvalue weighted by molar-refractivity contribution is 0.100. The Labute approximate surface area is 163 Å². The molecule has 0 bridgehead atoms. The van der Waals surface area contributed by atoms with Crippen LogP contribution in [0.3, 0.4) is 0 Å². The molecule has 1 heterocycles. The van der Waals surface area contributed by atoms with Crippen LogP contribution in [0.25, 0.3) is 0 Å². The minimum Gasteiger partial charge on any atom is -0.497 e. The standard InChI is InChI=1S/C20H25BrN2O3/c1-20(2,3)23(14-16-5-7-17(25-4)8-6-16)19(24)26-18-13-15(9-11-21)10-12-22-18/h5-8,10,12-13H,9,11,14H2,1-4H3. The van der Waals surface area contributed by atoms with Crippen molar-refractivity contribution in [2.24, 2.45) is 0 Å². The van der Waals surface area contributed by atoms with E-state index in [2.05, 4.69) is 20.9 Å². The van der Waals surface area contributed by atoms with Gasteiger partial charge in [0.05, 0.1) is 7.11 Å². The van der Waals surface area contributed by atoms with Crippen molar-refractivity contribution in [3.05, 3.63) is 53.7 Å². The molecule has 0 saturated heterocycles. The summed E-state index contributed by atoms with van der Waals surface area (Å²) >= 11 is 3.41. The molecule has 0 saturated carbocycles. The molecule has 5 nitrogen and oxygen atoms in total. The second kappa shape index (κ2) is 9.03. The molecular weight excluding hydrogens is 396 g/mol. The van der Waals surface area contributed by atoms with Gasteiger partial charge < -0.3 is 9.47 Å². The zero-order valence-electron chi connectivity index (χ0n) is 15.7. The van der Waals surface area contributed by atoms with Crippen molar-refractivity contribution >= 4 is 22.0 Å². The van der Waals surface area contributed by atoms with Gasteiger partial charge >= 0.3 is 6.09 Å². The second-order valence-corrected chi connectivity index (χ2v) is 7.71. The molecular formula is C20H25BrN2O3. The summed E-state index contributed by atoms with van der Waals surface area (Å²) in [5.74, 6) is 1.10. The Morgan fingerprint density at radius 3 is 2.42 bits per heavy atom. The largest absolute Gasteiger partial charge is 0.497 e. The molecule has 0 atom stereocenters. The molecule has 2 aromatic rings. The number of rotatable bonds is 6. The Bertz CT molecular complexity index is 727. The van der Waals surface area contributed by atoms with Crippen molar-refractivity contribution in [3.63, 3.8) is 0 Å². The van der Waals surface area contributed by atoms with Crippen molar-refractivity contribution < 1.29 is 14.3 Å². The average Bonchev–Trinajstić information content (AvgIpc) is 2.59. The number of hydrogen-bond donors (Lipinski definition) is 0. The lowest BCUT2D eigenvalue weighted by Crippen LogP contribution is -2.46. The number of alkyl halides is 1. The second-order valence-electron chi connectivity index (χ2n) is 6.91.